The zero-order valence-electron chi connectivity index (χ0n) is 30.2. The van der Waals surface area contributed by atoms with Gasteiger partial charge in [0.25, 0.3) is 0 Å². The molecule has 0 aliphatic rings. The Kier molecular flexibility index (Phi) is 15.9. The van der Waals surface area contributed by atoms with Gasteiger partial charge in [-0.25, -0.2) is 0 Å². The maximum atomic E-state index is 14.4. The standard InChI is InChI=1S/C21H20F2OSe.C21H18F2OSe.C2H6/c2*1-3-13-24-18-11-10-17(20(22)21(18)23)14-5-7-15(8-6-14)19-12-9-16(4-2)25-19;1-2/h5-12H,3-4,13H2,1-2H3;4-12H,2-3,13H2,1H3;1-2H3. The van der Waals surface area contributed by atoms with Crippen molar-refractivity contribution >= 4 is 35.1 Å². The predicted octanol–water partition coefficient (Wildman–Crippen LogP) is 12.5. The number of hydrogen-bond donors (Lipinski definition) is 0. The van der Waals surface area contributed by atoms with E-state index in [1.54, 1.807) is 12.1 Å². The molecule has 0 spiro atoms. The number of aryl methyl sites for hydroxylation is 1. The number of halogens is 4. The summed E-state index contributed by atoms with van der Waals surface area (Å²) in [6.45, 7) is 14.5. The molecule has 2 heterocycles. The Bertz CT molecular complexity index is 2030. The first-order chi connectivity index (χ1) is 25.3. The summed E-state index contributed by atoms with van der Waals surface area (Å²) in [4.78, 5) is 0. The van der Waals surface area contributed by atoms with Gasteiger partial charge >= 0.3 is 291 Å². The van der Waals surface area contributed by atoms with Gasteiger partial charge in [-0.15, -0.1) is 0 Å². The van der Waals surface area contributed by atoms with Crippen LogP contribution in [0.25, 0.3) is 48.3 Å². The van der Waals surface area contributed by atoms with Gasteiger partial charge in [-0.3, -0.25) is 0 Å². The Morgan fingerprint density at radius 3 is 1.33 bits per heavy atom. The Labute approximate surface area is 317 Å². The molecular weight excluding hydrogens is 794 g/mol. The Morgan fingerprint density at radius 1 is 0.519 bits per heavy atom. The van der Waals surface area contributed by atoms with Gasteiger partial charge in [-0.1, -0.05) is 27.7 Å². The Balaban J connectivity index is 0.000000222. The van der Waals surface area contributed by atoms with E-state index in [4.69, 9.17) is 9.47 Å². The fraction of sp³-hybridized carbons (Fsp3) is 0.227. The van der Waals surface area contributed by atoms with Gasteiger partial charge in [-0.2, -0.15) is 0 Å². The third kappa shape index (κ3) is 10.1. The van der Waals surface area contributed by atoms with Gasteiger partial charge in [0.2, 0.25) is 0 Å². The van der Waals surface area contributed by atoms with E-state index in [0.717, 1.165) is 30.4 Å². The SMILES string of the molecule is C=Cc1ccc(-c2ccc(-c3ccc(OCCC)c(F)c3F)cc2)[se]1.CC.CCCOc1ccc(-c2ccc(-c3ccc(CC)[se]3)cc2)c(F)c1F. The molecule has 0 aliphatic heterocycles. The second kappa shape index (κ2) is 20.3. The molecule has 0 atom stereocenters. The van der Waals surface area contributed by atoms with Crippen molar-refractivity contribution in [1.29, 1.82) is 0 Å². The summed E-state index contributed by atoms with van der Waals surface area (Å²) in [6, 6.07) is 29.8. The van der Waals surface area contributed by atoms with Crippen LogP contribution >= 0.6 is 0 Å². The summed E-state index contributed by atoms with van der Waals surface area (Å²) in [5.41, 5.74) is 4.05. The number of ether oxygens (including phenoxy) is 2. The molecule has 8 heteroatoms. The second-order valence-electron chi connectivity index (χ2n) is 11.4. The van der Waals surface area contributed by atoms with E-state index in [-0.39, 0.29) is 37.1 Å². The molecule has 0 N–H and O–H groups in total. The molecule has 0 saturated carbocycles. The molecule has 0 saturated heterocycles. The Hall–Kier alpha value is -4.06. The third-order valence-electron chi connectivity index (χ3n) is 7.82. The summed E-state index contributed by atoms with van der Waals surface area (Å²) < 4.78 is 72.9. The van der Waals surface area contributed by atoms with Crippen molar-refractivity contribution in [3.8, 4) is 53.8 Å². The summed E-state index contributed by atoms with van der Waals surface area (Å²) >= 11 is 0.616. The molecule has 2 aromatic heterocycles. The molecule has 0 amide bonds. The van der Waals surface area contributed by atoms with Crippen LogP contribution in [0, 0.1) is 23.3 Å². The van der Waals surface area contributed by atoms with Gasteiger partial charge < -0.3 is 0 Å². The predicted molar refractivity (Wildman–Crippen MR) is 211 cm³/mol. The number of hydrogen-bond acceptors (Lipinski definition) is 2. The first kappa shape index (κ1) is 40.7. The quantitative estimate of drug-likeness (QED) is 0.0903. The first-order valence-electron chi connectivity index (χ1n) is 17.5. The van der Waals surface area contributed by atoms with Crippen molar-refractivity contribution in [2.75, 3.05) is 13.2 Å². The zero-order valence-corrected chi connectivity index (χ0v) is 33.6. The van der Waals surface area contributed by atoms with Crippen LogP contribution in [0.1, 0.15) is 56.3 Å². The molecule has 0 radical (unpaired) electrons. The van der Waals surface area contributed by atoms with Gasteiger partial charge in [0.15, 0.2) is 0 Å². The fourth-order valence-corrected chi connectivity index (χ4v) is 8.94. The average Bonchev–Trinajstić information content (AvgIpc) is 3.88. The minimum absolute atomic E-state index is 0.0308. The van der Waals surface area contributed by atoms with Crippen LogP contribution in [0.4, 0.5) is 17.6 Å². The van der Waals surface area contributed by atoms with Crippen LogP contribution in [-0.4, -0.2) is 42.2 Å². The minimum atomic E-state index is -0.934. The molecule has 6 rings (SSSR count). The maximum absolute atomic E-state index is 14.4. The summed E-state index contributed by atoms with van der Waals surface area (Å²) in [5, 5.41) is 0. The van der Waals surface area contributed by atoms with Crippen LogP contribution in [0.3, 0.4) is 0 Å². The van der Waals surface area contributed by atoms with Crippen molar-refractivity contribution in [2.45, 2.75) is 53.9 Å². The average molecular weight is 839 g/mol. The van der Waals surface area contributed by atoms with Gasteiger partial charge in [0.05, 0.1) is 0 Å². The summed E-state index contributed by atoms with van der Waals surface area (Å²) in [5.74, 6) is -3.66. The van der Waals surface area contributed by atoms with Crippen molar-refractivity contribution in [3.05, 3.63) is 136 Å². The fourth-order valence-electron chi connectivity index (χ4n) is 5.13. The van der Waals surface area contributed by atoms with Crippen LogP contribution in [0.2, 0.25) is 0 Å². The number of benzene rings is 4. The molecule has 0 unspecified atom stereocenters. The third-order valence-corrected chi connectivity index (χ3v) is 12.9. The van der Waals surface area contributed by atoms with Crippen LogP contribution in [0.15, 0.2) is 104 Å². The van der Waals surface area contributed by atoms with Gasteiger partial charge in [-0.05, 0) is 0 Å². The molecule has 0 bridgehead atoms. The van der Waals surface area contributed by atoms with E-state index in [1.165, 1.54) is 29.9 Å². The van der Waals surface area contributed by atoms with E-state index < -0.39 is 23.3 Å². The van der Waals surface area contributed by atoms with E-state index >= 15 is 0 Å². The summed E-state index contributed by atoms with van der Waals surface area (Å²) in [6.07, 6.45) is 4.44. The van der Waals surface area contributed by atoms with Crippen LogP contribution < -0.4 is 9.47 Å². The van der Waals surface area contributed by atoms with Crippen molar-refractivity contribution in [1.82, 2.24) is 0 Å². The topological polar surface area (TPSA) is 18.5 Å². The van der Waals surface area contributed by atoms with E-state index in [9.17, 15) is 17.6 Å². The van der Waals surface area contributed by atoms with E-state index in [1.807, 2.05) is 82.3 Å². The monoisotopic (exact) mass is 840 g/mol. The molecule has 6 aromatic rings. The van der Waals surface area contributed by atoms with Crippen LogP contribution in [0.5, 0.6) is 11.5 Å². The normalized spacial score (nSPS) is 10.5. The van der Waals surface area contributed by atoms with Crippen molar-refractivity contribution < 1.29 is 27.0 Å². The molecule has 0 aliphatic carbocycles. The molecule has 272 valence electrons. The van der Waals surface area contributed by atoms with E-state index in [2.05, 4.69) is 37.8 Å². The Morgan fingerprint density at radius 2 is 0.942 bits per heavy atom. The van der Waals surface area contributed by atoms with Crippen molar-refractivity contribution in [2.24, 2.45) is 0 Å². The second-order valence-corrected chi connectivity index (χ2v) is 16.1. The molecule has 4 aromatic carbocycles. The summed E-state index contributed by atoms with van der Waals surface area (Å²) in [7, 11) is 0. The number of rotatable bonds is 12. The van der Waals surface area contributed by atoms with Crippen LogP contribution in [-0.2, 0) is 6.42 Å². The van der Waals surface area contributed by atoms with E-state index in [0.29, 0.717) is 38.8 Å². The first-order valence-corrected chi connectivity index (χ1v) is 20.9. The zero-order chi connectivity index (χ0) is 37.6. The van der Waals surface area contributed by atoms with Gasteiger partial charge in [0, 0.05) is 0 Å². The molecule has 52 heavy (non-hydrogen) atoms. The van der Waals surface area contributed by atoms with Gasteiger partial charge in [0.1, 0.15) is 0 Å². The van der Waals surface area contributed by atoms with Crippen molar-refractivity contribution in [3.63, 3.8) is 0 Å². The molecule has 2 nitrogen and oxygen atoms in total. The molecular formula is C44H44F4O2Se2. The molecule has 0 fully saturated rings.